The van der Waals surface area contributed by atoms with Gasteiger partial charge in [-0.05, 0) is 24.3 Å². The Morgan fingerprint density at radius 2 is 2.27 bits per heavy atom. The fraction of sp³-hybridized carbons (Fsp3) is 0.412. The molecule has 0 saturated heterocycles. The van der Waals surface area contributed by atoms with Gasteiger partial charge in [-0.2, -0.15) is 0 Å². The van der Waals surface area contributed by atoms with Crippen LogP contribution in [0.25, 0.3) is 11.6 Å². The summed E-state index contributed by atoms with van der Waals surface area (Å²) in [7, 11) is 1.37. The number of hydrogen-bond acceptors (Lipinski definition) is 3. The average molecular weight is 303 g/mol. The summed E-state index contributed by atoms with van der Waals surface area (Å²) in [6.07, 6.45) is 8.24. The molecule has 22 heavy (non-hydrogen) atoms. The molecule has 1 fully saturated rings. The summed E-state index contributed by atoms with van der Waals surface area (Å²) < 4.78 is 4.82. The first kappa shape index (κ1) is 16.1. The van der Waals surface area contributed by atoms with Gasteiger partial charge in [-0.25, -0.2) is 4.79 Å². The lowest BCUT2D eigenvalue weighted by Gasteiger charge is -2.25. The van der Waals surface area contributed by atoms with E-state index in [0.29, 0.717) is 11.5 Å². The van der Waals surface area contributed by atoms with Crippen molar-refractivity contribution in [2.24, 2.45) is 5.92 Å². The third kappa shape index (κ3) is 3.47. The zero-order valence-corrected chi connectivity index (χ0v) is 12.7. The summed E-state index contributed by atoms with van der Waals surface area (Å²) in [4.78, 5) is 25.9. The Morgan fingerprint density at radius 3 is 2.77 bits per heavy atom. The lowest BCUT2D eigenvalue weighted by atomic mass is 9.81. The van der Waals surface area contributed by atoms with Crippen LogP contribution in [0.2, 0.25) is 0 Å². The third-order valence-electron chi connectivity index (χ3n) is 4.16. The first-order valence-corrected chi connectivity index (χ1v) is 7.42. The molecule has 1 aliphatic carbocycles. The number of carboxylic acid groups (broad SMARTS) is 1. The number of rotatable bonds is 7. The lowest BCUT2D eigenvalue weighted by molar-refractivity contribution is -0.130. The molecule has 0 spiro atoms. The second kappa shape index (κ2) is 7.11. The van der Waals surface area contributed by atoms with Crippen LogP contribution in [0.5, 0.6) is 0 Å². The number of aliphatic carboxylic acids is 1. The van der Waals surface area contributed by atoms with E-state index in [4.69, 9.17) is 4.74 Å². The highest BCUT2D eigenvalue weighted by Crippen LogP contribution is 2.31. The lowest BCUT2D eigenvalue weighted by Crippen LogP contribution is -2.17. The standard InChI is InChI=1S/C17H21NO4/c1-3-13-12(8-7-11-5-4-6-11)9-15(19)18-16(13)14(10-22-2)17(20)21/h3,9-11H,1,4-8H2,2H3,(H,18,19)(H,20,21)/b14-10-. The molecule has 0 unspecified atom stereocenters. The van der Waals surface area contributed by atoms with Gasteiger partial charge in [0.05, 0.1) is 19.1 Å². The molecule has 1 aromatic rings. The Balaban J connectivity index is 2.42. The highest BCUT2D eigenvalue weighted by Gasteiger charge is 2.21. The van der Waals surface area contributed by atoms with Crippen LogP contribution < -0.4 is 5.56 Å². The summed E-state index contributed by atoms with van der Waals surface area (Å²) in [5, 5.41) is 9.32. The Morgan fingerprint density at radius 1 is 1.55 bits per heavy atom. The topological polar surface area (TPSA) is 79.4 Å². The minimum Gasteiger partial charge on any atom is -0.503 e. The quantitative estimate of drug-likeness (QED) is 0.599. The highest BCUT2D eigenvalue weighted by atomic mass is 16.5. The molecule has 1 heterocycles. The number of methoxy groups -OCH3 is 1. The number of hydrogen-bond donors (Lipinski definition) is 2. The van der Waals surface area contributed by atoms with Gasteiger partial charge >= 0.3 is 5.97 Å². The monoisotopic (exact) mass is 303 g/mol. The molecule has 5 heteroatoms. The Hall–Kier alpha value is -2.30. The van der Waals surface area contributed by atoms with Gasteiger partial charge in [0.25, 0.3) is 0 Å². The van der Waals surface area contributed by atoms with Gasteiger partial charge in [-0.1, -0.05) is 31.9 Å². The third-order valence-corrected chi connectivity index (χ3v) is 4.16. The van der Waals surface area contributed by atoms with Crippen molar-refractivity contribution >= 4 is 17.6 Å². The van der Waals surface area contributed by atoms with Crippen molar-refractivity contribution in [1.82, 2.24) is 4.98 Å². The number of aromatic amines is 1. The van der Waals surface area contributed by atoms with Gasteiger partial charge in [0.1, 0.15) is 5.57 Å². The van der Waals surface area contributed by atoms with Gasteiger partial charge < -0.3 is 14.8 Å². The van der Waals surface area contributed by atoms with Gasteiger partial charge in [0.15, 0.2) is 0 Å². The van der Waals surface area contributed by atoms with E-state index in [2.05, 4.69) is 11.6 Å². The maximum Gasteiger partial charge on any atom is 0.340 e. The number of carbonyl (C=O) groups is 1. The molecule has 118 valence electrons. The van der Waals surface area contributed by atoms with Gasteiger partial charge in [0.2, 0.25) is 5.56 Å². The van der Waals surface area contributed by atoms with Crippen molar-refractivity contribution in [2.45, 2.75) is 32.1 Å². The van der Waals surface area contributed by atoms with Gasteiger partial charge in [-0.3, -0.25) is 4.79 Å². The Bertz CT molecular complexity index is 653. The predicted molar refractivity (Wildman–Crippen MR) is 85.4 cm³/mol. The molecular weight excluding hydrogens is 282 g/mol. The molecule has 1 saturated carbocycles. The van der Waals surface area contributed by atoms with Gasteiger partial charge in [-0.15, -0.1) is 0 Å². The Labute approximate surface area is 129 Å². The first-order valence-electron chi connectivity index (χ1n) is 7.42. The second-order valence-corrected chi connectivity index (χ2v) is 5.56. The van der Waals surface area contributed by atoms with Crippen molar-refractivity contribution in [1.29, 1.82) is 0 Å². The zero-order valence-electron chi connectivity index (χ0n) is 12.7. The first-order chi connectivity index (χ1) is 10.6. The summed E-state index contributed by atoms with van der Waals surface area (Å²) in [5.74, 6) is -0.439. The molecule has 0 aliphatic heterocycles. The van der Waals surface area contributed by atoms with E-state index in [1.807, 2.05) is 0 Å². The number of aryl methyl sites for hydroxylation is 1. The van der Waals surface area contributed by atoms with Crippen LogP contribution in [0.1, 0.15) is 42.5 Å². The molecule has 2 rings (SSSR count). The van der Waals surface area contributed by atoms with Crippen molar-refractivity contribution in [3.63, 3.8) is 0 Å². The molecule has 1 aromatic heterocycles. The van der Waals surface area contributed by atoms with Crippen LogP contribution in [0.15, 0.2) is 23.7 Å². The SMILES string of the molecule is C=Cc1c(CCC2CCC2)cc(=O)[nH]c1/C(=C/OC)C(=O)O. The molecule has 2 N–H and O–H groups in total. The molecule has 0 aromatic carbocycles. The highest BCUT2D eigenvalue weighted by molar-refractivity contribution is 6.15. The summed E-state index contributed by atoms with van der Waals surface area (Å²) >= 11 is 0. The molecular formula is C17H21NO4. The van der Waals surface area contributed by atoms with Crippen LogP contribution in [0.3, 0.4) is 0 Å². The normalized spacial score (nSPS) is 15.2. The van der Waals surface area contributed by atoms with Crippen LogP contribution in [0.4, 0.5) is 0 Å². The van der Waals surface area contributed by atoms with E-state index in [9.17, 15) is 14.7 Å². The van der Waals surface area contributed by atoms with Crippen molar-refractivity contribution in [3.05, 3.63) is 46.1 Å². The maximum absolute atomic E-state index is 11.9. The maximum atomic E-state index is 11.9. The number of ether oxygens (including phenoxy) is 1. The van der Waals surface area contributed by atoms with Crippen LogP contribution in [-0.2, 0) is 16.0 Å². The minimum absolute atomic E-state index is 0.0833. The molecule has 0 amide bonds. The summed E-state index contributed by atoms with van der Waals surface area (Å²) in [6.45, 7) is 3.76. The van der Waals surface area contributed by atoms with E-state index in [1.54, 1.807) is 6.08 Å². The van der Waals surface area contributed by atoms with Crippen molar-refractivity contribution in [3.8, 4) is 0 Å². The Kier molecular flexibility index (Phi) is 5.20. The molecule has 0 radical (unpaired) electrons. The van der Waals surface area contributed by atoms with Crippen molar-refractivity contribution < 1.29 is 14.6 Å². The van der Waals surface area contributed by atoms with Crippen LogP contribution in [0, 0.1) is 5.92 Å². The summed E-state index contributed by atoms with van der Waals surface area (Å²) in [6, 6.07) is 1.53. The zero-order chi connectivity index (χ0) is 16.1. The van der Waals surface area contributed by atoms with Crippen molar-refractivity contribution in [2.75, 3.05) is 7.11 Å². The van der Waals surface area contributed by atoms with E-state index in [0.717, 1.165) is 24.7 Å². The van der Waals surface area contributed by atoms with E-state index in [-0.39, 0.29) is 16.8 Å². The fourth-order valence-corrected chi connectivity index (χ4v) is 2.75. The van der Waals surface area contributed by atoms with Crippen LogP contribution >= 0.6 is 0 Å². The smallest absolute Gasteiger partial charge is 0.340 e. The molecule has 5 nitrogen and oxygen atoms in total. The van der Waals surface area contributed by atoms with E-state index < -0.39 is 5.97 Å². The minimum atomic E-state index is -1.16. The summed E-state index contributed by atoms with van der Waals surface area (Å²) in [5.41, 5.74) is 1.35. The van der Waals surface area contributed by atoms with E-state index >= 15 is 0 Å². The number of aromatic nitrogens is 1. The van der Waals surface area contributed by atoms with Crippen LogP contribution in [-0.4, -0.2) is 23.2 Å². The van der Waals surface area contributed by atoms with Gasteiger partial charge in [0, 0.05) is 11.6 Å². The second-order valence-electron chi connectivity index (χ2n) is 5.56. The molecule has 0 atom stereocenters. The molecule has 1 aliphatic rings. The number of carboxylic acids is 1. The predicted octanol–water partition coefficient (Wildman–Crippen LogP) is 2.82. The van der Waals surface area contributed by atoms with E-state index in [1.165, 1.54) is 32.4 Å². The molecule has 0 bridgehead atoms. The fourth-order valence-electron chi connectivity index (χ4n) is 2.75. The number of nitrogens with one attached hydrogen (secondary N) is 1. The largest absolute Gasteiger partial charge is 0.503 e. The average Bonchev–Trinajstić information content (AvgIpc) is 2.42. The number of pyridine rings is 1. The number of H-pyrrole nitrogens is 1.